The van der Waals surface area contributed by atoms with E-state index in [4.69, 9.17) is 16.6 Å². The van der Waals surface area contributed by atoms with E-state index in [-0.39, 0.29) is 18.9 Å². The molecule has 0 saturated carbocycles. The van der Waals surface area contributed by atoms with Crippen molar-refractivity contribution < 1.29 is 23.6 Å². The second kappa shape index (κ2) is 10.1. The van der Waals surface area contributed by atoms with Crippen LogP contribution in [-0.2, 0) is 4.74 Å². The molecule has 0 atom stereocenters. The molecular weight excluding hydrogens is 97.0 g/mol. The molecule has 1 aliphatic heterocycles. The van der Waals surface area contributed by atoms with E-state index in [1.165, 1.54) is 12.8 Å². The average Bonchev–Trinajstić information content (AvgIpc) is 2.23. The van der Waals surface area contributed by atoms with Crippen LogP contribution in [0, 0.1) is 11.8 Å². The third kappa shape index (κ3) is 6.05. The van der Waals surface area contributed by atoms with Crippen molar-refractivity contribution in [3.63, 3.8) is 0 Å². The second-order valence-corrected chi connectivity index (χ2v) is 1.32. The predicted molar refractivity (Wildman–Crippen MR) is 25.0 cm³/mol. The number of rotatable bonds is 0. The Morgan fingerprint density at radius 1 is 1.12 bits per heavy atom. The smallest absolute Gasteiger partial charge is 0.512 e. The monoisotopic (exact) mass is 105 g/mol. The summed E-state index contributed by atoms with van der Waals surface area (Å²) in [5.41, 5.74) is 0. The van der Waals surface area contributed by atoms with Crippen LogP contribution in [0.15, 0.2) is 0 Å². The van der Waals surface area contributed by atoms with Gasteiger partial charge in [-0.1, -0.05) is 0 Å². The summed E-state index contributed by atoms with van der Waals surface area (Å²) in [6.07, 6.45) is 2.56. The van der Waals surface area contributed by atoms with Gasteiger partial charge in [0.2, 0.25) is 0 Å². The molecule has 0 unspecified atom stereocenters. The third-order valence-corrected chi connectivity index (χ3v) is 0.827. The molecule has 0 N–H and O–H groups in total. The van der Waals surface area contributed by atoms with E-state index >= 15 is 0 Å². The molecule has 1 rings (SSSR count). The third-order valence-electron chi connectivity index (χ3n) is 0.827. The van der Waals surface area contributed by atoms with Gasteiger partial charge >= 0.3 is 18.9 Å². The van der Waals surface area contributed by atoms with E-state index in [0.717, 1.165) is 13.2 Å². The van der Waals surface area contributed by atoms with Crippen molar-refractivity contribution >= 4 is 0 Å². The minimum absolute atomic E-state index is 0. The molecule has 0 aromatic rings. The minimum atomic E-state index is 0. The average molecular weight is 105 g/mol. The molecule has 0 aromatic heterocycles. The zero-order chi connectivity index (χ0) is 5.54. The molecule has 0 bridgehead atoms. The van der Waals surface area contributed by atoms with Crippen LogP contribution in [0.3, 0.4) is 0 Å². The first-order valence-corrected chi connectivity index (χ1v) is 2.30. The van der Waals surface area contributed by atoms with Gasteiger partial charge in [-0.25, -0.2) is 0 Å². The Labute approximate surface area is 62.0 Å². The first-order valence-electron chi connectivity index (χ1n) is 2.30. The summed E-state index contributed by atoms with van der Waals surface area (Å²) in [5.74, 6) is 0. The Balaban J connectivity index is 0. The van der Waals surface area contributed by atoms with Crippen LogP contribution in [0.5, 0.6) is 0 Å². The van der Waals surface area contributed by atoms with Crippen LogP contribution in [0.25, 0.3) is 0 Å². The largest absolute Gasteiger partial charge is 1.00 e. The van der Waals surface area contributed by atoms with E-state index in [1.54, 1.807) is 0 Å². The van der Waals surface area contributed by atoms with Gasteiger partial charge in [-0.2, -0.15) is 0 Å². The number of nitrogens with zero attached hydrogens (tertiary/aromatic N) is 1. The van der Waals surface area contributed by atoms with Gasteiger partial charge in [-0.15, -0.1) is 0 Å². The van der Waals surface area contributed by atoms with E-state index in [0.29, 0.717) is 0 Å². The quantitative estimate of drug-likeness (QED) is 0.261. The van der Waals surface area contributed by atoms with Crippen LogP contribution in [-0.4, -0.2) is 13.2 Å². The van der Waals surface area contributed by atoms with Gasteiger partial charge < -0.3 is 16.6 Å². The Morgan fingerprint density at radius 2 is 1.50 bits per heavy atom. The number of hydrogen-bond donors (Lipinski definition) is 0. The van der Waals surface area contributed by atoms with Crippen molar-refractivity contribution in [1.29, 1.82) is 5.26 Å². The van der Waals surface area contributed by atoms with Crippen molar-refractivity contribution in [3.8, 4) is 0 Å². The minimum Gasteiger partial charge on any atom is -0.512 e. The van der Waals surface area contributed by atoms with Crippen LogP contribution in [0.1, 0.15) is 12.8 Å². The van der Waals surface area contributed by atoms with Gasteiger partial charge in [0.25, 0.3) is 0 Å². The molecule has 1 fully saturated rings. The normalized spacial score (nSPS) is 15.2. The fourth-order valence-corrected chi connectivity index (χ4v) is 0.510. The molecule has 3 heteroatoms. The SMILES string of the molecule is C1CCOC1.[C-]#N.[Li+]. The molecule has 0 amide bonds. The fraction of sp³-hybridized carbons (Fsp3) is 0.800. The zero-order valence-electron chi connectivity index (χ0n) is 5.18. The topological polar surface area (TPSA) is 33.0 Å². The fourth-order valence-electron chi connectivity index (χ4n) is 0.510. The molecule has 40 valence electrons. The summed E-state index contributed by atoms with van der Waals surface area (Å²) in [7, 11) is 0. The summed E-state index contributed by atoms with van der Waals surface area (Å²) in [6, 6.07) is 0. The molecular formula is C5H8LiNO. The summed E-state index contributed by atoms with van der Waals surface area (Å²) in [6.45, 7) is 6.75. The summed E-state index contributed by atoms with van der Waals surface area (Å²) < 4.78 is 4.94. The summed E-state index contributed by atoms with van der Waals surface area (Å²) in [5, 5.41) is 6.25. The summed E-state index contributed by atoms with van der Waals surface area (Å²) in [4.78, 5) is 0. The van der Waals surface area contributed by atoms with Crippen LogP contribution in [0.4, 0.5) is 0 Å². The Hall–Kier alpha value is 0.0474. The van der Waals surface area contributed by atoms with E-state index < -0.39 is 0 Å². The molecule has 8 heavy (non-hydrogen) atoms. The van der Waals surface area contributed by atoms with E-state index in [2.05, 4.69) is 0 Å². The first-order chi connectivity index (χ1) is 3.50. The maximum absolute atomic E-state index is 6.25. The maximum Gasteiger partial charge on any atom is 1.00 e. The molecule has 0 radical (unpaired) electrons. The zero-order valence-corrected chi connectivity index (χ0v) is 5.18. The maximum atomic E-state index is 6.25. The molecule has 2 nitrogen and oxygen atoms in total. The molecule has 0 aromatic carbocycles. The molecule has 1 aliphatic rings. The number of hydrogen-bond acceptors (Lipinski definition) is 2. The Morgan fingerprint density at radius 3 is 1.62 bits per heavy atom. The molecule has 0 spiro atoms. The number of ether oxygens (including phenoxy) is 1. The molecule has 1 heterocycles. The van der Waals surface area contributed by atoms with Gasteiger partial charge in [0.15, 0.2) is 0 Å². The standard InChI is InChI=1S/C4H8O.CN.Li/c1-2-4-5-3-1;1-2;/h1-4H2;;/q;-1;+1. The molecule has 1 saturated heterocycles. The van der Waals surface area contributed by atoms with Crippen molar-refractivity contribution in [3.05, 3.63) is 6.57 Å². The van der Waals surface area contributed by atoms with Gasteiger partial charge in [-0.3, -0.25) is 0 Å². The van der Waals surface area contributed by atoms with Gasteiger partial charge in [0.05, 0.1) is 0 Å². The Kier molecular flexibility index (Phi) is 13.8. The van der Waals surface area contributed by atoms with Crippen LogP contribution >= 0.6 is 0 Å². The molecule has 0 aliphatic carbocycles. The second-order valence-electron chi connectivity index (χ2n) is 1.32. The van der Waals surface area contributed by atoms with E-state index in [1.807, 2.05) is 0 Å². The summed E-state index contributed by atoms with van der Waals surface area (Å²) >= 11 is 0. The van der Waals surface area contributed by atoms with Crippen LogP contribution in [0.2, 0.25) is 0 Å². The van der Waals surface area contributed by atoms with Gasteiger partial charge in [-0.05, 0) is 12.8 Å². The predicted octanol–water partition coefficient (Wildman–Crippen LogP) is -2.10. The van der Waals surface area contributed by atoms with Crippen molar-refractivity contribution in [2.24, 2.45) is 0 Å². The van der Waals surface area contributed by atoms with Crippen molar-refractivity contribution in [1.82, 2.24) is 0 Å². The van der Waals surface area contributed by atoms with Crippen LogP contribution < -0.4 is 18.9 Å². The first kappa shape index (κ1) is 10.9. The van der Waals surface area contributed by atoms with Crippen molar-refractivity contribution in [2.45, 2.75) is 12.8 Å². The Bertz CT molecular complexity index is 44.0. The van der Waals surface area contributed by atoms with E-state index in [9.17, 15) is 0 Å². The van der Waals surface area contributed by atoms with Crippen molar-refractivity contribution in [2.75, 3.05) is 13.2 Å². The van der Waals surface area contributed by atoms with Gasteiger partial charge in [0.1, 0.15) is 0 Å². The van der Waals surface area contributed by atoms with Gasteiger partial charge in [0, 0.05) is 13.2 Å².